The van der Waals surface area contributed by atoms with Gasteiger partial charge >= 0.3 is 0 Å². The van der Waals surface area contributed by atoms with Gasteiger partial charge in [0.2, 0.25) is 0 Å². The summed E-state index contributed by atoms with van der Waals surface area (Å²) in [5.74, 6) is 1.76. The van der Waals surface area contributed by atoms with Gasteiger partial charge < -0.3 is 10.1 Å². The summed E-state index contributed by atoms with van der Waals surface area (Å²) in [6.07, 6.45) is 4.78. The number of ether oxygens (including phenoxy) is 1. The van der Waals surface area contributed by atoms with E-state index in [1.165, 1.54) is 24.8 Å². The molecule has 0 saturated heterocycles. The van der Waals surface area contributed by atoms with E-state index in [9.17, 15) is 0 Å². The van der Waals surface area contributed by atoms with Crippen LogP contribution >= 0.6 is 0 Å². The molecule has 2 aromatic rings. The Morgan fingerprint density at radius 3 is 2.04 bits per heavy atom. The number of benzene rings is 2. The maximum Gasteiger partial charge on any atom is 0.127 e. The first-order chi connectivity index (χ1) is 11.2. The largest absolute Gasteiger partial charge is 0.457 e. The van der Waals surface area contributed by atoms with E-state index in [2.05, 4.69) is 50.4 Å². The van der Waals surface area contributed by atoms with Crippen LogP contribution in [-0.2, 0) is 0 Å². The van der Waals surface area contributed by atoms with Gasteiger partial charge in [-0.25, -0.2) is 0 Å². The maximum absolute atomic E-state index is 5.87. The summed E-state index contributed by atoms with van der Waals surface area (Å²) < 4.78 is 5.87. The Bertz CT molecular complexity index is 550. The van der Waals surface area contributed by atoms with Crippen molar-refractivity contribution < 1.29 is 4.74 Å². The van der Waals surface area contributed by atoms with Crippen LogP contribution in [0.1, 0.15) is 58.1 Å². The average Bonchev–Trinajstić information content (AvgIpc) is 2.56. The molecule has 0 aliphatic heterocycles. The number of rotatable bonds is 9. The van der Waals surface area contributed by atoms with Crippen molar-refractivity contribution in [2.75, 3.05) is 0 Å². The Kier molecular flexibility index (Phi) is 7.15. The van der Waals surface area contributed by atoms with E-state index in [0.29, 0.717) is 12.1 Å². The molecule has 2 nitrogen and oxygen atoms in total. The van der Waals surface area contributed by atoms with Crippen molar-refractivity contribution in [2.45, 2.75) is 58.5 Å². The molecule has 0 aliphatic carbocycles. The molecule has 0 heterocycles. The quantitative estimate of drug-likeness (QED) is 0.604. The summed E-state index contributed by atoms with van der Waals surface area (Å²) in [7, 11) is 0. The molecular weight excluding hydrogens is 282 g/mol. The van der Waals surface area contributed by atoms with Gasteiger partial charge in [0, 0.05) is 12.1 Å². The maximum atomic E-state index is 5.87. The number of para-hydroxylation sites is 1. The van der Waals surface area contributed by atoms with Crippen LogP contribution in [0.5, 0.6) is 11.5 Å². The van der Waals surface area contributed by atoms with E-state index in [4.69, 9.17) is 4.74 Å². The third-order valence-electron chi connectivity index (χ3n) is 4.05. The molecule has 2 heteroatoms. The van der Waals surface area contributed by atoms with Gasteiger partial charge in [-0.2, -0.15) is 0 Å². The van der Waals surface area contributed by atoms with Crippen LogP contribution in [0.3, 0.4) is 0 Å². The summed E-state index contributed by atoms with van der Waals surface area (Å²) in [5, 5.41) is 3.76. The fourth-order valence-electron chi connectivity index (χ4n) is 2.89. The summed E-state index contributed by atoms with van der Waals surface area (Å²) in [5.41, 5.74) is 1.34. The number of hydrogen-bond donors (Lipinski definition) is 1. The van der Waals surface area contributed by atoms with Gasteiger partial charge in [0.25, 0.3) is 0 Å². The Labute approximate surface area is 140 Å². The highest BCUT2D eigenvalue weighted by molar-refractivity contribution is 5.34. The van der Waals surface area contributed by atoms with Gasteiger partial charge in [-0.3, -0.25) is 0 Å². The Morgan fingerprint density at radius 2 is 1.43 bits per heavy atom. The van der Waals surface area contributed by atoms with Crippen molar-refractivity contribution in [3.63, 3.8) is 0 Å². The van der Waals surface area contributed by atoms with Crippen molar-refractivity contribution in [1.82, 2.24) is 5.32 Å². The van der Waals surface area contributed by atoms with E-state index < -0.39 is 0 Å². The van der Waals surface area contributed by atoms with E-state index >= 15 is 0 Å². The summed E-state index contributed by atoms with van der Waals surface area (Å²) >= 11 is 0. The van der Waals surface area contributed by atoms with Crippen molar-refractivity contribution in [3.8, 4) is 11.5 Å². The van der Waals surface area contributed by atoms with E-state index in [-0.39, 0.29) is 0 Å². The standard InChI is InChI=1S/C21H29NO/c1-4-9-17(3)22-21(10-5-2)18-13-15-20(16-14-18)23-19-11-7-6-8-12-19/h6-8,11-17,21-22H,4-5,9-10H2,1-3H3. The number of hydrogen-bond acceptors (Lipinski definition) is 2. The molecule has 0 amide bonds. The molecule has 0 bridgehead atoms. The normalized spacial score (nSPS) is 13.5. The average molecular weight is 311 g/mol. The lowest BCUT2D eigenvalue weighted by atomic mass is 10.0. The molecule has 0 radical (unpaired) electrons. The minimum Gasteiger partial charge on any atom is -0.457 e. The van der Waals surface area contributed by atoms with Gasteiger partial charge in [0.1, 0.15) is 11.5 Å². The van der Waals surface area contributed by atoms with Crippen LogP contribution in [0.25, 0.3) is 0 Å². The van der Waals surface area contributed by atoms with Gasteiger partial charge in [-0.1, -0.05) is 57.0 Å². The summed E-state index contributed by atoms with van der Waals surface area (Å²) in [6, 6.07) is 19.4. The van der Waals surface area contributed by atoms with Crippen molar-refractivity contribution in [2.24, 2.45) is 0 Å². The molecular formula is C21H29NO. The monoisotopic (exact) mass is 311 g/mol. The highest BCUT2D eigenvalue weighted by Crippen LogP contribution is 2.25. The predicted molar refractivity (Wildman–Crippen MR) is 98.1 cm³/mol. The second kappa shape index (κ2) is 9.36. The zero-order valence-electron chi connectivity index (χ0n) is 14.6. The van der Waals surface area contributed by atoms with E-state index in [1.54, 1.807) is 0 Å². The molecule has 124 valence electrons. The first-order valence-electron chi connectivity index (χ1n) is 8.81. The third-order valence-corrected chi connectivity index (χ3v) is 4.05. The van der Waals surface area contributed by atoms with Crippen LogP contribution in [0.4, 0.5) is 0 Å². The minimum atomic E-state index is 0.423. The summed E-state index contributed by atoms with van der Waals surface area (Å²) in [6.45, 7) is 6.76. The Balaban J connectivity index is 2.03. The Hall–Kier alpha value is -1.80. The van der Waals surface area contributed by atoms with Gasteiger partial charge in [-0.15, -0.1) is 0 Å². The lowest BCUT2D eigenvalue weighted by molar-refractivity contribution is 0.411. The Morgan fingerprint density at radius 1 is 0.826 bits per heavy atom. The van der Waals surface area contributed by atoms with Crippen molar-refractivity contribution in [3.05, 3.63) is 60.2 Å². The topological polar surface area (TPSA) is 21.3 Å². The highest BCUT2D eigenvalue weighted by Gasteiger charge is 2.13. The van der Waals surface area contributed by atoms with E-state index in [1.807, 2.05) is 30.3 Å². The van der Waals surface area contributed by atoms with Crippen molar-refractivity contribution >= 4 is 0 Å². The molecule has 0 fully saturated rings. The molecule has 2 atom stereocenters. The molecule has 0 aliphatic rings. The summed E-state index contributed by atoms with van der Waals surface area (Å²) in [4.78, 5) is 0. The first-order valence-corrected chi connectivity index (χ1v) is 8.81. The second-order valence-electron chi connectivity index (χ2n) is 6.18. The molecule has 0 spiro atoms. The van der Waals surface area contributed by atoms with Gasteiger partial charge in [0.15, 0.2) is 0 Å². The molecule has 2 aromatic carbocycles. The lowest BCUT2D eigenvalue weighted by Crippen LogP contribution is -2.30. The van der Waals surface area contributed by atoms with Gasteiger partial charge in [0.05, 0.1) is 0 Å². The van der Waals surface area contributed by atoms with Crippen LogP contribution < -0.4 is 10.1 Å². The van der Waals surface area contributed by atoms with Crippen LogP contribution in [0.15, 0.2) is 54.6 Å². The van der Waals surface area contributed by atoms with Gasteiger partial charge in [-0.05, 0) is 49.6 Å². The highest BCUT2D eigenvalue weighted by atomic mass is 16.5. The zero-order chi connectivity index (χ0) is 16.5. The third kappa shape index (κ3) is 5.72. The van der Waals surface area contributed by atoms with E-state index in [0.717, 1.165) is 17.9 Å². The number of nitrogens with one attached hydrogen (secondary N) is 1. The van der Waals surface area contributed by atoms with Crippen LogP contribution in [0.2, 0.25) is 0 Å². The predicted octanol–water partition coefficient (Wildman–Crippen LogP) is 6.10. The molecule has 2 unspecified atom stereocenters. The molecule has 0 aromatic heterocycles. The lowest BCUT2D eigenvalue weighted by Gasteiger charge is -2.23. The zero-order valence-corrected chi connectivity index (χ0v) is 14.6. The minimum absolute atomic E-state index is 0.423. The smallest absolute Gasteiger partial charge is 0.127 e. The fraction of sp³-hybridized carbons (Fsp3) is 0.429. The van der Waals surface area contributed by atoms with Crippen molar-refractivity contribution in [1.29, 1.82) is 0 Å². The second-order valence-corrected chi connectivity index (χ2v) is 6.18. The molecule has 0 saturated carbocycles. The fourth-order valence-corrected chi connectivity index (χ4v) is 2.89. The van der Waals surface area contributed by atoms with Crippen LogP contribution in [-0.4, -0.2) is 6.04 Å². The molecule has 1 N–H and O–H groups in total. The molecule has 23 heavy (non-hydrogen) atoms. The SMILES string of the molecule is CCCC(C)NC(CCC)c1ccc(Oc2ccccc2)cc1. The molecule has 2 rings (SSSR count). The first kappa shape index (κ1) is 17.6. The van der Waals surface area contributed by atoms with Crippen LogP contribution in [0, 0.1) is 0 Å².